The molecule has 1 aliphatic rings. The minimum atomic E-state index is -1.50. The number of aromatic nitrogens is 2. The average Bonchev–Trinajstić information content (AvgIpc) is 3.09. The molecule has 0 bridgehead atoms. The van der Waals surface area contributed by atoms with E-state index in [1.54, 1.807) is 30.3 Å². The van der Waals surface area contributed by atoms with Crippen molar-refractivity contribution in [1.29, 1.82) is 0 Å². The molecular formula is C15H17N3O6S. The molecule has 0 saturated carbocycles. The molecule has 1 saturated heterocycles. The van der Waals surface area contributed by atoms with E-state index >= 15 is 0 Å². The van der Waals surface area contributed by atoms with Gasteiger partial charge >= 0.3 is 0 Å². The third-order valence-electron chi connectivity index (χ3n) is 3.83. The van der Waals surface area contributed by atoms with Gasteiger partial charge in [-0.2, -0.15) is 0 Å². The fourth-order valence-corrected chi connectivity index (χ4v) is 3.28. The smallest absolute Gasteiger partial charge is 0.257 e. The molecule has 1 amide bonds. The molecule has 9 nitrogen and oxygen atoms in total. The highest BCUT2D eigenvalue weighted by atomic mass is 32.1. The van der Waals surface area contributed by atoms with Crippen LogP contribution in [0.25, 0.3) is 0 Å². The number of aliphatic hydroxyl groups is 4. The maximum Gasteiger partial charge on any atom is 0.257 e. The molecule has 1 fully saturated rings. The van der Waals surface area contributed by atoms with Crippen LogP contribution >= 0.6 is 11.3 Å². The SMILES string of the molecule is O=C(Nc1nnc([C@@H]2O[C@H](CO)[C@@H](O)[C@H](O)[C@H]2O)s1)c1ccccc1. The summed E-state index contributed by atoms with van der Waals surface area (Å²) in [6, 6.07) is 8.55. The van der Waals surface area contributed by atoms with Crippen molar-refractivity contribution in [2.75, 3.05) is 11.9 Å². The minimum absolute atomic E-state index is 0.195. The van der Waals surface area contributed by atoms with Gasteiger partial charge in [-0.3, -0.25) is 10.1 Å². The highest BCUT2D eigenvalue weighted by molar-refractivity contribution is 7.15. The zero-order valence-electron chi connectivity index (χ0n) is 12.9. The normalized spacial score (nSPS) is 29.4. The summed E-state index contributed by atoms with van der Waals surface area (Å²) in [5, 5.41) is 49.6. The average molecular weight is 367 g/mol. The maximum absolute atomic E-state index is 12.1. The number of hydrogen-bond acceptors (Lipinski definition) is 9. The first-order valence-electron chi connectivity index (χ1n) is 7.51. The number of nitrogens with zero attached hydrogens (tertiary/aromatic N) is 2. The molecular weight excluding hydrogens is 350 g/mol. The molecule has 0 spiro atoms. The number of anilines is 1. The highest BCUT2D eigenvalue weighted by Gasteiger charge is 2.45. The number of hydrogen-bond donors (Lipinski definition) is 5. The topological polar surface area (TPSA) is 145 Å². The van der Waals surface area contributed by atoms with Crippen molar-refractivity contribution in [3.8, 4) is 0 Å². The quantitative estimate of drug-likeness (QED) is 0.477. The second-order valence-electron chi connectivity index (χ2n) is 5.52. The van der Waals surface area contributed by atoms with E-state index in [4.69, 9.17) is 4.74 Å². The third-order valence-corrected chi connectivity index (χ3v) is 4.73. The Kier molecular flexibility index (Phi) is 5.37. The summed E-state index contributed by atoms with van der Waals surface area (Å²) < 4.78 is 5.40. The molecule has 1 aromatic heterocycles. The summed E-state index contributed by atoms with van der Waals surface area (Å²) >= 11 is 0.968. The summed E-state index contributed by atoms with van der Waals surface area (Å²) in [5.41, 5.74) is 0.451. The van der Waals surface area contributed by atoms with Crippen molar-refractivity contribution < 1.29 is 30.0 Å². The summed E-state index contributed by atoms with van der Waals surface area (Å²) in [6.07, 6.45) is -6.49. The van der Waals surface area contributed by atoms with Gasteiger partial charge in [0.25, 0.3) is 5.91 Å². The van der Waals surface area contributed by atoms with Crippen molar-refractivity contribution in [3.63, 3.8) is 0 Å². The monoisotopic (exact) mass is 367 g/mol. The summed E-state index contributed by atoms with van der Waals surface area (Å²) in [5.74, 6) is -0.364. The van der Waals surface area contributed by atoms with Gasteiger partial charge < -0.3 is 25.2 Å². The van der Waals surface area contributed by atoms with Crippen LogP contribution in [0.4, 0.5) is 5.13 Å². The highest BCUT2D eigenvalue weighted by Crippen LogP contribution is 2.34. The number of aliphatic hydroxyl groups excluding tert-OH is 4. The summed E-state index contributed by atoms with van der Waals surface area (Å²) in [6.45, 7) is -0.530. The Labute approximate surface area is 146 Å². The van der Waals surface area contributed by atoms with E-state index in [-0.39, 0.29) is 16.0 Å². The van der Waals surface area contributed by atoms with Gasteiger partial charge in [-0.05, 0) is 12.1 Å². The first kappa shape index (κ1) is 17.9. The molecule has 0 radical (unpaired) electrons. The molecule has 3 rings (SSSR count). The molecule has 2 heterocycles. The molecule has 134 valence electrons. The number of ether oxygens (including phenoxy) is 1. The van der Waals surface area contributed by atoms with Crippen LogP contribution in [0.2, 0.25) is 0 Å². The standard InChI is InChI=1S/C15H17N3O6S/c19-6-8-9(20)10(21)11(22)12(24-8)14-17-18-15(25-14)16-13(23)7-4-2-1-3-5-7/h1-5,8-12,19-22H,6H2,(H,16,18,23)/t8-,9-,10+,11-,12-/m1/s1. The summed E-state index contributed by atoms with van der Waals surface area (Å²) in [4.78, 5) is 12.1. The van der Waals surface area contributed by atoms with Crippen LogP contribution in [0.15, 0.2) is 30.3 Å². The van der Waals surface area contributed by atoms with Gasteiger partial charge in [0.05, 0.1) is 6.61 Å². The van der Waals surface area contributed by atoms with E-state index in [1.807, 2.05) is 0 Å². The van der Waals surface area contributed by atoms with Crippen LogP contribution < -0.4 is 5.32 Å². The predicted molar refractivity (Wildman–Crippen MR) is 87.0 cm³/mol. The Morgan fingerprint density at radius 2 is 1.84 bits per heavy atom. The molecule has 0 unspecified atom stereocenters. The zero-order chi connectivity index (χ0) is 18.0. The predicted octanol–water partition coefficient (Wildman–Crippen LogP) is -0.695. The third kappa shape index (κ3) is 3.68. The van der Waals surface area contributed by atoms with E-state index in [0.29, 0.717) is 5.56 Å². The lowest BCUT2D eigenvalue weighted by atomic mass is 9.95. The lowest BCUT2D eigenvalue weighted by Gasteiger charge is -2.38. The van der Waals surface area contributed by atoms with Crippen molar-refractivity contribution in [2.45, 2.75) is 30.5 Å². The van der Waals surface area contributed by atoms with E-state index < -0.39 is 37.1 Å². The van der Waals surface area contributed by atoms with Crippen LogP contribution in [-0.4, -0.2) is 67.6 Å². The molecule has 1 aromatic carbocycles. The Morgan fingerprint density at radius 3 is 2.52 bits per heavy atom. The van der Waals surface area contributed by atoms with E-state index in [1.165, 1.54) is 0 Å². The molecule has 5 N–H and O–H groups in total. The van der Waals surface area contributed by atoms with Gasteiger partial charge in [0.2, 0.25) is 5.13 Å². The number of benzene rings is 1. The van der Waals surface area contributed by atoms with Gasteiger partial charge in [-0.25, -0.2) is 0 Å². The van der Waals surface area contributed by atoms with Crippen LogP contribution in [-0.2, 0) is 4.74 Å². The maximum atomic E-state index is 12.1. The Hall–Kier alpha value is -1.95. The molecule has 0 aliphatic carbocycles. The largest absolute Gasteiger partial charge is 0.394 e. The lowest BCUT2D eigenvalue weighted by Crippen LogP contribution is -2.55. The van der Waals surface area contributed by atoms with Crippen molar-refractivity contribution in [3.05, 3.63) is 40.9 Å². The first-order chi connectivity index (χ1) is 12.0. The van der Waals surface area contributed by atoms with Crippen LogP contribution in [0.5, 0.6) is 0 Å². The van der Waals surface area contributed by atoms with Crippen molar-refractivity contribution in [2.24, 2.45) is 0 Å². The lowest BCUT2D eigenvalue weighted by molar-refractivity contribution is -0.231. The Morgan fingerprint density at radius 1 is 1.12 bits per heavy atom. The Balaban J connectivity index is 1.73. The summed E-state index contributed by atoms with van der Waals surface area (Å²) in [7, 11) is 0. The Bertz CT molecular complexity index is 725. The van der Waals surface area contributed by atoms with Gasteiger partial charge in [0, 0.05) is 5.56 Å². The van der Waals surface area contributed by atoms with Crippen LogP contribution in [0.3, 0.4) is 0 Å². The van der Waals surface area contributed by atoms with E-state index in [2.05, 4.69) is 15.5 Å². The molecule has 1 aliphatic heterocycles. The minimum Gasteiger partial charge on any atom is -0.394 e. The molecule has 25 heavy (non-hydrogen) atoms. The van der Waals surface area contributed by atoms with Crippen molar-refractivity contribution >= 4 is 22.4 Å². The molecule has 5 atom stereocenters. The van der Waals surface area contributed by atoms with E-state index in [9.17, 15) is 25.2 Å². The number of carbonyl (C=O) groups excluding carboxylic acids is 1. The van der Waals surface area contributed by atoms with Crippen LogP contribution in [0, 0.1) is 0 Å². The zero-order valence-corrected chi connectivity index (χ0v) is 13.7. The second-order valence-corrected chi connectivity index (χ2v) is 6.52. The van der Waals surface area contributed by atoms with E-state index in [0.717, 1.165) is 11.3 Å². The van der Waals surface area contributed by atoms with Gasteiger partial charge in [0.15, 0.2) is 5.01 Å². The van der Waals surface area contributed by atoms with Gasteiger partial charge in [-0.15, -0.1) is 10.2 Å². The number of rotatable bonds is 4. The van der Waals surface area contributed by atoms with Gasteiger partial charge in [-0.1, -0.05) is 29.5 Å². The van der Waals surface area contributed by atoms with Gasteiger partial charge in [0.1, 0.15) is 30.5 Å². The van der Waals surface area contributed by atoms with Crippen LogP contribution in [0.1, 0.15) is 21.5 Å². The fourth-order valence-electron chi connectivity index (χ4n) is 2.46. The first-order valence-corrected chi connectivity index (χ1v) is 8.33. The fraction of sp³-hybridized carbons (Fsp3) is 0.400. The number of amides is 1. The van der Waals surface area contributed by atoms with Crippen molar-refractivity contribution in [1.82, 2.24) is 10.2 Å². The number of carbonyl (C=O) groups is 1. The number of nitrogens with one attached hydrogen (secondary N) is 1. The molecule has 10 heteroatoms. The molecule has 2 aromatic rings. The second kappa shape index (κ2) is 7.52.